The van der Waals surface area contributed by atoms with Gasteiger partial charge in [-0.1, -0.05) is 54.5 Å². The Kier molecular flexibility index (Phi) is 6.43. The highest BCUT2D eigenvalue weighted by Gasteiger charge is 2.32. The second kappa shape index (κ2) is 10.4. The maximum absolute atomic E-state index is 14.9. The molecule has 1 N–H and O–H groups in total. The third kappa shape index (κ3) is 4.93. The lowest BCUT2D eigenvalue weighted by atomic mass is 9.95. The van der Waals surface area contributed by atoms with Crippen LogP contribution in [0.1, 0.15) is 53.2 Å². The van der Waals surface area contributed by atoms with Crippen molar-refractivity contribution in [3.63, 3.8) is 0 Å². The largest absolute Gasteiger partial charge is 0.402 e. The number of fused-ring (bicyclic) bond motifs is 1. The van der Waals surface area contributed by atoms with Crippen LogP contribution in [0.2, 0.25) is 0 Å². The molecule has 1 unspecified atom stereocenters. The Morgan fingerprint density at radius 1 is 1.02 bits per heavy atom. The Hall–Kier alpha value is -4.64. The number of anilines is 1. The van der Waals surface area contributed by atoms with Gasteiger partial charge in [0, 0.05) is 53.4 Å². The SMILES string of the molecule is CCc1ncc(-c2sc(C3CC3)nc2-c2nnc(NC3N=C(c4ccccc4)c4cccc(F)c4CC3=O)o2)cn1. The van der Waals surface area contributed by atoms with E-state index in [9.17, 15) is 9.18 Å². The van der Waals surface area contributed by atoms with E-state index in [4.69, 9.17) is 14.4 Å². The molecule has 4 heterocycles. The predicted molar refractivity (Wildman–Crippen MR) is 152 cm³/mol. The lowest BCUT2D eigenvalue weighted by Crippen LogP contribution is -2.29. The molecule has 204 valence electrons. The number of ketones is 1. The fourth-order valence-corrected chi connectivity index (χ4v) is 5.97. The minimum atomic E-state index is -1.06. The van der Waals surface area contributed by atoms with Crippen LogP contribution in [-0.4, -0.2) is 42.8 Å². The van der Waals surface area contributed by atoms with Gasteiger partial charge in [0.1, 0.15) is 17.3 Å². The molecular weight excluding hydrogens is 541 g/mol. The van der Waals surface area contributed by atoms with Crippen LogP contribution in [0, 0.1) is 5.82 Å². The number of Topliss-reactive ketones (excluding diaryl/α,β-unsaturated/α-hetero) is 1. The van der Waals surface area contributed by atoms with Crippen molar-refractivity contribution in [3.8, 4) is 22.0 Å². The highest BCUT2D eigenvalue weighted by atomic mass is 32.1. The van der Waals surface area contributed by atoms with Crippen LogP contribution in [0.15, 0.2) is 70.3 Å². The number of carbonyl (C=O) groups is 1. The van der Waals surface area contributed by atoms with E-state index in [-0.39, 0.29) is 24.1 Å². The molecule has 1 fully saturated rings. The Labute approximate surface area is 238 Å². The number of hydrogen-bond donors (Lipinski definition) is 1. The molecule has 0 saturated heterocycles. The quantitative estimate of drug-likeness (QED) is 0.270. The first-order valence-corrected chi connectivity index (χ1v) is 14.2. The summed E-state index contributed by atoms with van der Waals surface area (Å²) in [5.74, 6) is 0.643. The average Bonchev–Trinajstić information content (AvgIpc) is 3.62. The monoisotopic (exact) mass is 565 g/mol. The van der Waals surface area contributed by atoms with Crippen LogP contribution in [0.4, 0.5) is 10.4 Å². The van der Waals surface area contributed by atoms with Gasteiger partial charge in [0.15, 0.2) is 11.9 Å². The van der Waals surface area contributed by atoms with Gasteiger partial charge in [0.25, 0.3) is 5.89 Å². The normalized spacial score (nSPS) is 16.7. The molecule has 5 aromatic rings. The predicted octanol–water partition coefficient (Wildman–Crippen LogP) is 5.63. The lowest BCUT2D eigenvalue weighted by molar-refractivity contribution is -0.119. The number of carbonyl (C=O) groups excluding carboxylic acids is 1. The molecule has 0 spiro atoms. The molecule has 41 heavy (non-hydrogen) atoms. The molecule has 2 aromatic carbocycles. The number of hydrogen-bond acceptors (Lipinski definition) is 10. The summed E-state index contributed by atoms with van der Waals surface area (Å²) in [6.07, 6.45) is 5.33. The topological polar surface area (TPSA) is 119 Å². The number of aromatic nitrogens is 5. The fourth-order valence-electron chi connectivity index (χ4n) is 4.77. The first kappa shape index (κ1) is 25.3. The van der Waals surface area contributed by atoms with Crippen molar-refractivity contribution in [2.45, 2.75) is 44.7 Å². The summed E-state index contributed by atoms with van der Waals surface area (Å²) in [4.78, 5) is 32.6. The minimum absolute atomic E-state index is 0.0189. The number of aliphatic imine (C=N–C) groups is 1. The average molecular weight is 566 g/mol. The molecule has 3 aromatic heterocycles. The van der Waals surface area contributed by atoms with Gasteiger partial charge in [0.05, 0.1) is 15.6 Å². The van der Waals surface area contributed by atoms with E-state index in [1.54, 1.807) is 35.9 Å². The molecule has 9 nitrogen and oxygen atoms in total. The van der Waals surface area contributed by atoms with Gasteiger partial charge in [-0.15, -0.1) is 16.4 Å². The van der Waals surface area contributed by atoms with E-state index in [0.717, 1.165) is 46.1 Å². The molecule has 0 radical (unpaired) electrons. The Morgan fingerprint density at radius 3 is 2.59 bits per heavy atom. The van der Waals surface area contributed by atoms with E-state index >= 15 is 0 Å². The molecule has 7 rings (SSSR count). The molecule has 1 aliphatic heterocycles. The zero-order chi connectivity index (χ0) is 27.9. The van der Waals surface area contributed by atoms with Gasteiger partial charge in [-0.2, -0.15) is 0 Å². The summed E-state index contributed by atoms with van der Waals surface area (Å²) < 4.78 is 20.9. The fraction of sp³-hybridized carbons (Fsp3) is 0.233. The van der Waals surface area contributed by atoms with E-state index in [0.29, 0.717) is 28.5 Å². The third-order valence-electron chi connectivity index (χ3n) is 7.08. The highest BCUT2D eigenvalue weighted by Crippen LogP contribution is 2.46. The van der Waals surface area contributed by atoms with Crippen LogP contribution in [0.25, 0.3) is 22.0 Å². The molecule has 0 amide bonds. The van der Waals surface area contributed by atoms with Crippen molar-refractivity contribution in [2.75, 3.05) is 5.32 Å². The number of aryl methyl sites for hydroxylation is 1. The Bertz CT molecular complexity index is 1780. The summed E-state index contributed by atoms with van der Waals surface area (Å²) in [6, 6.07) is 14.2. The Balaban J connectivity index is 1.23. The molecule has 2 aliphatic rings. The lowest BCUT2D eigenvalue weighted by Gasteiger charge is -2.11. The number of rotatable bonds is 7. The molecule has 1 saturated carbocycles. The summed E-state index contributed by atoms with van der Waals surface area (Å²) in [5.41, 5.74) is 3.55. The second-order valence-corrected chi connectivity index (χ2v) is 11.0. The molecule has 1 aliphatic carbocycles. The summed E-state index contributed by atoms with van der Waals surface area (Å²) in [5, 5.41) is 12.4. The Morgan fingerprint density at radius 2 is 1.83 bits per heavy atom. The molecule has 0 bridgehead atoms. The number of nitrogens with zero attached hydrogens (tertiary/aromatic N) is 6. The first-order chi connectivity index (χ1) is 20.1. The van der Waals surface area contributed by atoms with Gasteiger partial charge in [0.2, 0.25) is 0 Å². The van der Waals surface area contributed by atoms with E-state index in [2.05, 4.69) is 25.5 Å². The van der Waals surface area contributed by atoms with Gasteiger partial charge in [-0.3, -0.25) is 9.79 Å². The molecule has 1 atom stereocenters. The summed E-state index contributed by atoms with van der Waals surface area (Å²) in [6.45, 7) is 2.01. The van der Waals surface area contributed by atoms with Crippen molar-refractivity contribution >= 4 is 28.8 Å². The van der Waals surface area contributed by atoms with Gasteiger partial charge >= 0.3 is 6.01 Å². The van der Waals surface area contributed by atoms with Crippen LogP contribution >= 0.6 is 11.3 Å². The minimum Gasteiger partial charge on any atom is -0.402 e. The van der Waals surface area contributed by atoms with Crippen LogP contribution in [0.5, 0.6) is 0 Å². The smallest absolute Gasteiger partial charge is 0.317 e. The second-order valence-electron chi connectivity index (χ2n) is 9.96. The number of nitrogens with one attached hydrogen (secondary N) is 1. The zero-order valence-electron chi connectivity index (χ0n) is 22.0. The molecular formula is C30H24FN7O2S. The van der Waals surface area contributed by atoms with Crippen molar-refractivity contribution in [1.29, 1.82) is 0 Å². The van der Waals surface area contributed by atoms with Crippen molar-refractivity contribution in [3.05, 3.63) is 94.3 Å². The van der Waals surface area contributed by atoms with Crippen molar-refractivity contribution in [2.24, 2.45) is 4.99 Å². The van der Waals surface area contributed by atoms with Crippen molar-refractivity contribution in [1.82, 2.24) is 25.1 Å². The highest BCUT2D eigenvalue weighted by molar-refractivity contribution is 7.15. The van der Waals surface area contributed by atoms with Crippen LogP contribution in [0.3, 0.4) is 0 Å². The van der Waals surface area contributed by atoms with Gasteiger partial charge < -0.3 is 9.73 Å². The summed E-state index contributed by atoms with van der Waals surface area (Å²) in [7, 11) is 0. The first-order valence-electron chi connectivity index (χ1n) is 13.4. The van der Waals surface area contributed by atoms with Crippen molar-refractivity contribution < 1.29 is 13.6 Å². The maximum Gasteiger partial charge on any atom is 0.317 e. The van der Waals surface area contributed by atoms with E-state index in [1.807, 2.05) is 37.3 Å². The number of benzene rings is 2. The number of thiazole rings is 1. The summed E-state index contributed by atoms with van der Waals surface area (Å²) >= 11 is 1.58. The van der Waals surface area contributed by atoms with Gasteiger partial charge in [-0.05, 0) is 18.9 Å². The molecule has 11 heteroatoms. The maximum atomic E-state index is 14.9. The number of halogens is 1. The standard InChI is InChI=1S/C30H24FN7O2S/c1-2-23-32-14-18(15-33-23)26-25(35-29(41-26)17-11-12-17)28-37-38-30(40-28)36-27-22(39)13-20-19(9-6-10-21(20)31)24(34-27)16-7-4-3-5-8-16/h3-10,14-15,17,27H,2,11-13H2,1H3,(H,36,38). The van der Waals surface area contributed by atoms with E-state index < -0.39 is 12.0 Å². The third-order valence-corrected chi connectivity index (χ3v) is 8.34. The zero-order valence-corrected chi connectivity index (χ0v) is 22.9. The van der Waals surface area contributed by atoms with Crippen LogP contribution in [-0.2, 0) is 17.6 Å². The van der Waals surface area contributed by atoms with Crippen LogP contribution < -0.4 is 5.32 Å². The van der Waals surface area contributed by atoms with E-state index in [1.165, 1.54) is 6.07 Å². The van der Waals surface area contributed by atoms with Gasteiger partial charge in [-0.25, -0.2) is 19.3 Å².